The molecule has 1 aliphatic rings. The Morgan fingerprint density at radius 2 is 1.43 bits per heavy atom. The second-order valence-electron chi connectivity index (χ2n) is 14.6. The minimum atomic E-state index is -0.561. The second-order valence-corrected chi connectivity index (χ2v) is 15.0. The third-order valence-electron chi connectivity index (χ3n) is 11.1. The van der Waals surface area contributed by atoms with Gasteiger partial charge in [0.15, 0.2) is 0 Å². The summed E-state index contributed by atoms with van der Waals surface area (Å²) in [6.45, 7) is 18.5. The van der Waals surface area contributed by atoms with Gasteiger partial charge in [0.05, 0.1) is 11.1 Å². The molecule has 4 rings (SSSR count). The Balaban J connectivity index is 1.21. The van der Waals surface area contributed by atoms with Crippen LogP contribution in [0.2, 0.25) is 5.02 Å². The molecule has 4 nitrogen and oxygen atoms in total. The van der Waals surface area contributed by atoms with Gasteiger partial charge in [0.2, 0.25) is 0 Å². The Kier molecular flexibility index (Phi) is 13.2. The molecule has 3 aromatic rings. The molecule has 1 unspecified atom stereocenters. The van der Waals surface area contributed by atoms with Gasteiger partial charge < -0.3 is 9.67 Å². The van der Waals surface area contributed by atoms with Gasteiger partial charge in [-0.1, -0.05) is 122 Å². The van der Waals surface area contributed by atoms with Crippen LogP contribution in [0.5, 0.6) is 0 Å². The van der Waals surface area contributed by atoms with Crippen molar-refractivity contribution in [3.05, 3.63) is 64.9 Å². The number of aliphatic hydroxyl groups excluding tert-OH is 1. The number of aliphatic hydroxyl groups is 1. The number of nitrogens with zero attached hydrogens (tertiary/aromatic N) is 3. The van der Waals surface area contributed by atoms with Crippen LogP contribution in [-0.2, 0) is 13.1 Å². The lowest BCUT2D eigenvalue weighted by Gasteiger charge is -2.45. The third kappa shape index (κ3) is 8.47. The van der Waals surface area contributed by atoms with Crippen LogP contribution in [0.3, 0.4) is 0 Å². The molecule has 5 heteroatoms. The lowest BCUT2D eigenvalue weighted by molar-refractivity contribution is 0.0356. The fraction of sp³-hybridized carbons (Fsp3) is 0.667. The van der Waals surface area contributed by atoms with Crippen LogP contribution in [-0.4, -0.2) is 32.6 Å². The van der Waals surface area contributed by atoms with E-state index in [0.717, 1.165) is 79.8 Å². The number of unbranched alkanes of at least 4 members (excludes halogenated alkanes) is 6. The number of benzene rings is 1. The molecular formula is C39H60ClN3O. The maximum absolute atomic E-state index is 11.5. The molecule has 1 fully saturated rings. The van der Waals surface area contributed by atoms with Crippen LogP contribution in [0.4, 0.5) is 0 Å². The van der Waals surface area contributed by atoms with E-state index in [4.69, 9.17) is 16.6 Å². The summed E-state index contributed by atoms with van der Waals surface area (Å²) in [7, 11) is 0. The molecule has 1 N–H and O–H groups in total. The van der Waals surface area contributed by atoms with Crippen LogP contribution in [0.25, 0.3) is 11.0 Å². The fourth-order valence-electron chi connectivity index (χ4n) is 8.58. The second kappa shape index (κ2) is 16.6. The molecule has 2 aromatic heterocycles. The fourth-order valence-corrected chi connectivity index (χ4v) is 8.85. The van der Waals surface area contributed by atoms with Crippen molar-refractivity contribution in [2.75, 3.05) is 13.1 Å². The minimum Gasteiger partial charge on any atom is -0.388 e. The van der Waals surface area contributed by atoms with Gasteiger partial charge in [-0.25, -0.2) is 4.98 Å². The van der Waals surface area contributed by atoms with Gasteiger partial charge >= 0.3 is 0 Å². The molecule has 1 aliphatic heterocycles. The number of hydrogen-bond acceptors (Lipinski definition) is 3. The Morgan fingerprint density at radius 1 is 0.841 bits per heavy atom. The lowest BCUT2D eigenvalue weighted by Crippen LogP contribution is -2.38. The van der Waals surface area contributed by atoms with Gasteiger partial charge in [0, 0.05) is 36.4 Å². The molecule has 3 heterocycles. The van der Waals surface area contributed by atoms with Crippen molar-refractivity contribution in [3.8, 4) is 0 Å². The van der Waals surface area contributed by atoms with Gasteiger partial charge in [-0.05, 0) is 79.5 Å². The summed E-state index contributed by atoms with van der Waals surface area (Å²) in [4.78, 5) is 7.20. The molecular weight excluding hydrogens is 562 g/mol. The maximum atomic E-state index is 11.5. The first-order valence-electron chi connectivity index (χ1n) is 17.7. The van der Waals surface area contributed by atoms with E-state index in [0.29, 0.717) is 10.4 Å². The summed E-state index contributed by atoms with van der Waals surface area (Å²) in [6.07, 6.45) is 15.7. The number of hydrogen-bond donors (Lipinski definition) is 1. The Bertz CT molecular complexity index is 1240. The molecule has 0 radical (unpaired) electrons. The molecule has 244 valence electrons. The zero-order chi connectivity index (χ0) is 31.7. The highest BCUT2D eigenvalue weighted by molar-refractivity contribution is 6.32. The molecule has 1 atom stereocenters. The third-order valence-corrected chi connectivity index (χ3v) is 11.4. The number of pyridine rings is 1. The van der Waals surface area contributed by atoms with Gasteiger partial charge in [0.1, 0.15) is 5.65 Å². The molecule has 0 spiro atoms. The van der Waals surface area contributed by atoms with E-state index < -0.39 is 6.10 Å². The number of likely N-dealkylation sites (tertiary alicyclic amines) is 1. The van der Waals surface area contributed by atoms with E-state index in [2.05, 4.69) is 93.6 Å². The number of fused-ring (bicyclic) bond motifs is 1. The van der Waals surface area contributed by atoms with E-state index in [-0.39, 0.29) is 5.92 Å². The first kappa shape index (κ1) is 35.0. The number of aromatic nitrogens is 2. The molecule has 0 amide bonds. The highest BCUT2D eigenvalue weighted by Crippen LogP contribution is 2.47. The summed E-state index contributed by atoms with van der Waals surface area (Å²) in [5.41, 5.74) is 3.64. The van der Waals surface area contributed by atoms with Crippen LogP contribution >= 0.6 is 11.6 Å². The van der Waals surface area contributed by atoms with Crippen molar-refractivity contribution in [1.82, 2.24) is 14.5 Å². The number of halogens is 1. The normalized spacial score (nSPS) is 16.2. The summed E-state index contributed by atoms with van der Waals surface area (Å²) in [5, 5.41) is 13.1. The van der Waals surface area contributed by atoms with Crippen molar-refractivity contribution < 1.29 is 5.11 Å². The first-order valence-corrected chi connectivity index (χ1v) is 18.1. The van der Waals surface area contributed by atoms with Gasteiger partial charge in [-0.15, -0.1) is 0 Å². The molecule has 1 aromatic carbocycles. The molecule has 0 aliphatic carbocycles. The van der Waals surface area contributed by atoms with E-state index in [1.165, 1.54) is 50.5 Å². The molecule has 1 saturated heterocycles. The van der Waals surface area contributed by atoms with Crippen LogP contribution in [0.1, 0.15) is 123 Å². The summed E-state index contributed by atoms with van der Waals surface area (Å²) in [6, 6.07) is 12.8. The van der Waals surface area contributed by atoms with Crippen LogP contribution in [0, 0.1) is 29.1 Å². The van der Waals surface area contributed by atoms with Crippen molar-refractivity contribution in [2.45, 2.75) is 125 Å². The van der Waals surface area contributed by atoms with Crippen molar-refractivity contribution >= 4 is 22.6 Å². The number of piperidine rings is 1. The van der Waals surface area contributed by atoms with E-state index in [9.17, 15) is 5.11 Å². The van der Waals surface area contributed by atoms with Crippen molar-refractivity contribution in [2.24, 2.45) is 29.1 Å². The Morgan fingerprint density at radius 3 is 2.05 bits per heavy atom. The topological polar surface area (TPSA) is 41.3 Å². The lowest BCUT2D eigenvalue weighted by atomic mass is 9.60. The van der Waals surface area contributed by atoms with Crippen LogP contribution in [0.15, 0.2) is 48.8 Å². The molecule has 0 bridgehead atoms. The maximum Gasteiger partial charge on any atom is 0.140 e. The predicted molar refractivity (Wildman–Crippen MR) is 188 cm³/mol. The van der Waals surface area contributed by atoms with E-state index >= 15 is 0 Å². The Labute approximate surface area is 273 Å². The summed E-state index contributed by atoms with van der Waals surface area (Å²) >= 11 is 6.69. The SMILES string of the molecule is CC(C)C(CCCCCCCCCn1ccc2c(C(O)C3CCN(Cc4ccccc4)CC3)c(Cl)cnc21)(C(C)C)C(C)C. The van der Waals surface area contributed by atoms with Crippen LogP contribution < -0.4 is 0 Å². The monoisotopic (exact) mass is 621 g/mol. The van der Waals surface area contributed by atoms with Crippen molar-refractivity contribution in [3.63, 3.8) is 0 Å². The molecule has 44 heavy (non-hydrogen) atoms. The number of aryl methyl sites for hydroxylation is 1. The average molecular weight is 622 g/mol. The average Bonchev–Trinajstić information content (AvgIpc) is 3.40. The zero-order valence-corrected chi connectivity index (χ0v) is 29.3. The van der Waals surface area contributed by atoms with Gasteiger partial charge in [-0.2, -0.15) is 0 Å². The van der Waals surface area contributed by atoms with Gasteiger partial charge in [0.25, 0.3) is 0 Å². The van der Waals surface area contributed by atoms with Gasteiger partial charge in [-0.3, -0.25) is 4.90 Å². The predicted octanol–water partition coefficient (Wildman–Crippen LogP) is 10.7. The highest BCUT2D eigenvalue weighted by Gasteiger charge is 2.39. The zero-order valence-electron chi connectivity index (χ0n) is 28.6. The smallest absolute Gasteiger partial charge is 0.140 e. The Hall–Kier alpha value is -1.88. The highest BCUT2D eigenvalue weighted by atomic mass is 35.5. The standard InChI is InChI=1S/C39H60ClN3O/c1-29(2)39(30(3)4,31(5)6)22-15-10-8-7-9-11-16-23-43-26-21-34-36(35(40)27-41-38(34)43)37(44)33-19-24-42(25-20-33)28-32-17-13-12-14-18-32/h12-14,17-18,21,26-27,29-31,33,37,44H,7-11,15-16,19-20,22-25,28H2,1-6H3. The number of rotatable bonds is 17. The van der Waals surface area contributed by atoms with E-state index in [1.54, 1.807) is 6.20 Å². The first-order chi connectivity index (χ1) is 21.1. The quantitative estimate of drug-likeness (QED) is 0.152. The summed E-state index contributed by atoms with van der Waals surface area (Å²) in [5.74, 6) is 2.42. The molecule has 0 saturated carbocycles. The van der Waals surface area contributed by atoms with E-state index in [1.807, 2.05) is 0 Å². The summed E-state index contributed by atoms with van der Waals surface area (Å²) < 4.78 is 2.26. The minimum absolute atomic E-state index is 0.214. The largest absolute Gasteiger partial charge is 0.388 e. The van der Waals surface area contributed by atoms with Crippen molar-refractivity contribution in [1.29, 1.82) is 0 Å².